The van der Waals surface area contributed by atoms with E-state index in [0.29, 0.717) is 18.9 Å². The van der Waals surface area contributed by atoms with Gasteiger partial charge in [-0.1, -0.05) is 0 Å². The summed E-state index contributed by atoms with van der Waals surface area (Å²) in [7, 11) is 0.796. The Morgan fingerprint density at radius 3 is 2.07 bits per heavy atom. The van der Waals surface area contributed by atoms with Crippen LogP contribution < -0.4 is 10.7 Å². The molecule has 0 heterocycles. The summed E-state index contributed by atoms with van der Waals surface area (Å²) in [5, 5.41) is -0.302. The second-order valence-corrected chi connectivity index (χ2v) is 6.05. The third-order valence-corrected chi connectivity index (χ3v) is 4.65. The molecule has 1 fully saturated rings. The van der Waals surface area contributed by atoms with Crippen LogP contribution in [-0.2, 0) is 10.0 Å². The topological polar surface area (TPSA) is 75.4 Å². The van der Waals surface area contributed by atoms with E-state index in [9.17, 15) is 8.42 Å². The maximum absolute atomic E-state index is 11.4. The molecule has 14 heavy (non-hydrogen) atoms. The van der Waals surface area contributed by atoms with Gasteiger partial charge < -0.3 is 4.90 Å². The molecule has 3 N–H and O–H groups in total. The summed E-state index contributed by atoms with van der Waals surface area (Å²) in [6.45, 7) is 0. The second kappa shape index (κ2) is 4.57. The van der Waals surface area contributed by atoms with Gasteiger partial charge in [0.15, 0.2) is 0 Å². The third kappa shape index (κ3) is 2.66. The molecule has 0 aromatic carbocycles. The van der Waals surface area contributed by atoms with Crippen LogP contribution in [0.15, 0.2) is 0 Å². The van der Waals surface area contributed by atoms with Gasteiger partial charge in [-0.3, -0.25) is 5.84 Å². The normalized spacial score (nSPS) is 29.4. The van der Waals surface area contributed by atoms with Crippen molar-refractivity contribution in [1.29, 1.82) is 0 Å². The zero-order valence-electron chi connectivity index (χ0n) is 8.73. The van der Waals surface area contributed by atoms with Crippen molar-refractivity contribution in [3.63, 3.8) is 0 Å². The van der Waals surface area contributed by atoms with Gasteiger partial charge in [0.25, 0.3) is 0 Å². The summed E-state index contributed by atoms with van der Waals surface area (Å²) in [6.07, 6.45) is 3.27. The number of nitrogens with one attached hydrogen (secondary N) is 1. The lowest BCUT2D eigenvalue weighted by Crippen LogP contribution is -2.43. The Hall–Kier alpha value is -0.170. The molecule has 0 aromatic heterocycles. The summed E-state index contributed by atoms with van der Waals surface area (Å²) >= 11 is 0. The van der Waals surface area contributed by atoms with Crippen molar-refractivity contribution in [3.8, 4) is 0 Å². The summed E-state index contributed by atoms with van der Waals surface area (Å²) in [5.41, 5.74) is 0. The average Bonchev–Trinajstić information content (AvgIpc) is 2.18. The van der Waals surface area contributed by atoms with Gasteiger partial charge in [0.1, 0.15) is 0 Å². The lowest BCUT2D eigenvalue weighted by Gasteiger charge is -2.31. The summed E-state index contributed by atoms with van der Waals surface area (Å²) in [6, 6.07) is 0.513. The van der Waals surface area contributed by atoms with Gasteiger partial charge in [-0.2, -0.15) is 4.83 Å². The fraction of sp³-hybridized carbons (Fsp3) is 1.00. The molecule has 5 nitrogen and oxygen atoms in total. The Bertz CT molecular complexity index is 268. The van der Waals surface area contributed by atoms with Crippen molar-refractivity contribution in [3.05, 3.63) is 0 Å². The number of nitrogens with two attached hydrogens (primary N) is 1. The van der Waals surface area contributed by atoms with Crippen LogP contribution in [0.5, 0.6) is 0 Å². The second-order valence-electron chi connectivity index (χ2n) is 4.06. The van der Waals surface area contributed by atoms with E-state index in [2.05, 4.69) is 4.90 Å². The van der Waals surface area contributed by atoms with E-state index in [-0.39, 0.29) is 5.25 Å². The molecule has 0 unspecified atom stereocenters. The molecular formula is C8H19N3O2S. The monoisotopic (exact) mass is 221 g/mol. The van der Waals surface area contributed by atoms with Crippen LogP contribution in [0.1, 0.15) is 25.7 Å². The van der Waals surface area contributed by atoms with Crippen molar-refractivity contribution in [2.24, 2.45) is 5.84 Å². The van der Waals surface area contributed by atoms with E-state index in [1.54, 1.807) is 0 Å². The minimum absolute atomic E-state index is 0.302. The molecule has 0 aliphatic heterocycles. The first-order valence-electron chi connectivity index (χ1n) is 4.85. The van der Waals surface area contributed by atoms with Crippen LogP contribution in [0, 0.1) is 0 Å². The van der Waals surface area contributed by atoms with Crippen molar-refractivity contribution >= 4 is 10.0 Å². The highest BCUT2D eigenvalue weighted by molar-refractivity contribution is 7.90. The molecule has 0 saturated heterocycles. The van der Waals surface area contributed by atoms with Crippen LogP contribution in [0.3, 0.4) is 0 Å². The minimum Gasteiger partial charge on any atom is -0.306 e. The van der Waals surface area contributed by atoms with Crippen LogP contribution in [-0.4, -0.2) is 38.7 Å². The number of hydrogen-bond donors (Lipinski definition) is 2. The molecule has 1 rings (SSSR count). The highest BCUT2D eigenvalue weighted by Crippen LogP contribution is 2.25. The van der Waals surface area contributed by atoms with Gasteiger partial charge in [-0.15, -0.1) is 0 Å². The zero-order chi connectivity index (χ0) is 10.8. The Morgan fingerprint density at radius 2 is 1.71 bits per heavy atom. The predicted octanol–water partition coefficient (Wildman–Crippen LogP) is -0.348. The van der Waals surface area contributed by atoms with Gasteiger partial charge >= 0.3 is 0 Å². The molecular weight excluding hydrogens is 202 g/mol. The maximum atomic E-state index is 11.4. The fourth-order valence-electron chi connectivity index (χ4n) is 1.97. The first-order valence-corrected chi connectivity index (χ1v) is 6.39. The lowest BCUT2D eigenvalue weighted by atomic mass is 9.94. The Kier molecular flexibility index (Phi) is 3.88. The number of rotatable bonds is 3. The van der Waals surface area contributed by atoms with Gasteiger partial charge in [0.05, 0.1) is 5.25 Å². The van der Waals surface area contributed by atoms with Gasteiger partial charge in [-0.05, 0) is 39.8 Å². The third-order valence-electron chi connectivity index (χ3n) is 2.98. The van der Waals surface area contributed by atoms with Gasteiger partial charge in [-0.25, -0.2) is 8.42 Å². The molecule has 0 aromatic rings. The van der Waals surface area contributed by atoms with E-state index in [1.165, 1.54) is 0 Å². The summed E-state index contributed by atoms with van der Waals surface area (Å²) in [4.78, 5) is 4.07. The van der Waals surface area contributed by atoms with Gasteiger partial charge in [0.2, 0.25) is 10.0 Å². The molecule has 1 aliphatic rings. The summed E-state index contributed by atoms with van der Waals surface area (Å²) < 4.78 is 22.8. The maximum Gasteiger partial charge on any atom is 0.226 e. The number of hydrogen-bond acceptors (Lipinski definition) is 4. The van der Waals surface area contributed by atoms with E-state index in [4.69, 9.17) is 5.84 Å². The Labute approximate surface area is 85.7 Å². The molecule has 0 atom stereocenters. The van der Waals surface area contributed by atoms with E-state index < -0.39 is 10.0 Å². The number of nitrogens with zero attached hydrogens (tertiary/aromatic N) is 1. The van der Waals surface area contributed by atoms with Crippen molar-refractivity contribution < 1.29 is 8.42 Å². The Morgan fingerprint density at radius 1 is 1.21 bits per heavy atom. The highest BCUT2D eigenvalue weighted by atomic mass is 32.2. The zero-order valence-corrected chi connectivity index (χ0v) is 9.55. The predicted molar refractivity (Wildman–Crippen MR) is 56.0 cm³/mol. The SMILES string of the molecule is CN(C)C1CCC(S(=O)(=O)NN)CC1. The van der Waals surface area contributed by atoms with E-state index in [0.717, 1.165) is 12.8 Å². The molecule has 6 heteroatoms. The quantitative estimate of drug-likeness (QED) is 0.504. The largest absolute Gasteiger partial charge is 0.306 e. The highest BCUT2D eigenvalue weighted by Gasteiger charge is 2.30. The molecule has 1 saturated carbocycles. The number of hydrazine groups is 1. The van der Waals surface area contributed by atoms with E-state index in [1.807, 2.05) is 18.9 Å². The molecule has 1 aliphatic carbocycles. The molecule has 84 valence electrons. The average molecular weight is 221 g/mol. The first kappa shape index (κ1) is 11.9. The lowest BCUT2D eigenvalue weighted by molar-refractivity contribution is 0.229. The number of sulfonamides is 1. The van der Waals surface area contributed by atoms with E-state index >= 15 is 0 Å². The van der Waals surface area contributed by atoms with Crippen molar-refractivity contribution in [2.75, 3.05) is 14.1 Å². The van der Waals surface area contributed by atoms with Crippen molar-refractivity contribution in [2.45, 2.75) is 37.0 Å². The summed E-state index contributed by atoms with van der Waals surface area (Å²) in [5.74, 6) is 4.98. The fourth-order valence-corrected chi connectivity index (χ4v) is 3.05. The van der Waals surface area contributed by atoms with Crippen LogP contribution >= 0.6 is 0 Å². The van der Waals surface area contributed by atoms with Crippen LogP contribution in [0.25, 0.3) is 0 Å². The molecule has 0 spiro atoms. The van der Waals surface area contributed by atoms with Crippen LogP contribution in [0.4, 0.5) is 0 Å². The molecule has 0 bridgehead atoms. The molecule has 0 radical (unpaired) electrons. The van der Waals surface area contributed by atoms with Crippen LogP contribution in [0.2, 0.25) is 0 Å². The van der Waals surface area contributed by atoms with Crippen molar-refractivity contribution in [1.82, 2.24) is 9.73 Å². The Balaban J connectivity index is 2.52. The first-order chi connectivity index (χ1) is 6.47. The molecule has 0 amide bonds. The minimum atomic E-state index is -3.26. The smallest absolute Gasteiger partial charge is 0.226 e. The standard InChI is InChI=1S/C8H19N3O2S/c1-11(2)7-3-5-8(6-4-7)14(12,13)10-9/h7-8,10H,3-6,9H2,1-2H3. The van der Waals surface area contributed by atoms with Gasteiger partial charge in [0, 0.05) is 6.04 Å².